The van der Waals surface area contributed by atoms with Crippen molar-refractivity contribution >= 4 is 29.6 Å². The number of hydrogen-bond donors (Lipinski definition) is 6. The van der Waals surface area contributed by atoms with Crippen molar-refractivity contribution in [3.63, 3.8) is 0 Å². The van der Waals surface area contributed by atoms with Gasteiger partial charge in [0.1, 0.15) is 23.7 Å². The number of fused-ring (bicyclic) bond motifs is 1. The number of nitrogens with zero attached hydrogens (tertiary/aromatic N) is 1. The summed E-state index contributed by atoms with van der Waals surface area (Å²) in [6.45, 7) is 5.53. The zero-order chi connectivity index (χ0) is 37.7. The fourth-order valence-electron chi connectivity index (χ4n) is 6.79. The van der Waals surface area contributed by atoms with Gasteiger partial charge in [-0.15, -0.1) is 0 Å². The van der Waals surface area contributed by atoms with Crippen molar-refractivity contribution in [3.8, 4) is 0 Å². The van der Waals surface area contributed by atoms with Gasteiger partial charge in [-0.25, -0.2) is 0 Å². The van der Waals surface area contributed by atoms with Crippen molar-refractivity contribution < 1.29 is 28.7 Å². The Morgan fingerprint density at radius 3 is 2.13 bits per heavy atom. The summed E-state index contributed by atoms with van der Waals surface area (Å²) in [7, 11) is 1.29. The molecule has 2 heterocycles. The van der Waals surface area contributed by atoms with E-state index in [4.69, 9.17) is 16.2 Å². The number of methoxy groups -OCH3 is 1. The Labute approximate surface area is 307 Å². The van der Waals surface area contributed by atoms with E-state index in [1.807, 2.05) is 68.4 Å². The first-order chi connectivity index (χ1) is 24.9. The van der Waals surface area contributed by atoms with Gasteiger partial charge in [0, 0.05) is 26.1 Å². The number of carbonyl (C=O) groups excluding carboxylic acids is 5. The highest BCUT2D eigenvalue weighted by atomic mass is 16.5. The maximum absolute atomic E-state index is 14.1. The molecule has 0 spiro atoms. The summed E-state index contributed by atoms with van der Waals surface area (Å²) in [6, 6.07) is 14.1. The van der Waals surface area contributed by atoms with Crippen LogP contribution in [-0.2, 0) is 48.1 Å². The maximum Gasteiger partial charge on any atom is 0.325 e. The summed E-state index contributed by atoms with van der Waals surface area (Å²) in [5.74, 6) is -1.81. The lowest BCUT2D eigenvalue weighted by molar-refractivity contribution is -0.151. The van der Waals surface area contributed by atoms with Gasteiger partial charge in [0.05, 0.1) is 13.2 Å². The van der Waals surface area contributed by atoms with Gasteiger partial charge < -0.3 is 42.4 Å². The van der Waals surface area contributed by atoms with Crippen LogP contribution in [0.3, 0.4) is 0 Å². The molecule has 52 heavy (non-hydrogen) atoms. The number of ether oxygens (including phenoxy) is 1. The number of hydrogen-bond acceptors (Lipinski definition) is 9. The number of nitrogens with one attached hydrogen (secondary N) is 4. The van der Waals surface area contributed by atoms with Crippen molar-refractivity contribution in [1.82, 2.24) is 26.2 Å². The Morgan fingerprint density at radius 2 is 1.48 bits per heavy atom. The van der Waals surface area contributed by atoms with Crippen LogP contribution in [-0.4, -0.2) is 90.9 Å². The van der Waals surface area contributed by atoms with Gasteiger partial charge in [0.15, 0.2) is 0 Å². The minimum Gasteiger partial charge on any atom is -0.468 e. The van der Waals surface area contributed by atoms with E-state index in [0.717, 1.165) is 16.7 Å². The van der Waals surface area contributed by atoms with Crippen LogP contribution in [0.2, 0.25) is 0 Å². The van der Waals surface area contributed by atoms with Crippen LogP contribution in [0.15, 0.2) is 54.6 Å². The number of piperidine rings is 1. The number of benzene rings is 2. The largest absolute Gasteiger partial charge is 0.468 e. The first-order valence-corrected chi connectivity index (χ1v) is 18.6. The Hall–Kier alpha value is -4.33. The molecule has 4 amide bonds. The van der Waals surface area contributed by atoms with Crippen LogP contribution in [0.4, 0.5) is 0 Å². The first-order valence-electron chi connectivity index (χ1n) is 18.6. The Bertz CT molecular complexity index is 1510. The SMILES string of the molecule is COC(=O)C1(N)CCN(C(=O)[C@@H](CCCCN)NC(=O)[C@@H](CCC(C)C)NC(=O)[C@@H](Cc2ccccc2)NC(=O)[C@H]2Cc3ccccc3CN2)CC1. The smallest absolute Gasteiger partial charge is 0.325 e. The topological polar surface area (TPSA) is 198 Å². The number of rotatable bonds is 17. The van der Waals surface area contributed by atoms with E-state index < -0.39 is 47.5 Å². The molecule has 13 heteroatoms. The molecular weight excluding hydrogens is 662 g/mol. The number of carbonyl (C=O) groups is 5. The predicted octanol–water partition coefficient (Wildman–Crippen LogP) is 1.46. The first kappa shape index (κ1) is 40.4. The average Bonchev–Trinajstić information content (AvgIpc) is 3.15. The molecule has 2 aromatic rings. The van der Waals surface area contributed by atoms with Crippen molar-refractivity contribution in [2.75, 3.05) is 26.7 Å². The third-order valence-electron chi connectivity index (χ3n) is 10.1. The summed E-state index contributed by atoms with van der Waals surface area (Å²) in [6.07, 6.45) is 3.81. The number of likely N-dealkylation sites (tertiary alicyclic amines) is 1. The molecule has 1 saturated heterocycles. The molecule has 13 nitrogen and oxygen atoms in total. The van der Waals surface area contributed by atoms with Crippen molar-refractivity contribution in [2.45, 2.75) is 108 Å². The van der Waals surface area contributed by atoms with E-state index in [1.165, 1.54) is 7.11 Å². The zero-order valence-electron chi connectivity index (χ0n) is 30.8. The van der Waals surface area contributed by atoms with Crippen molar-refractivity contribution in [2.24, 2.45) is 17.4 Å². The van der Waals surface area contributed by atoms with Crippen molar-refractivity contribution in [3.05, 3.63) is 71.3 Å². The fraction of sp³-hybridized carbons (Fsp3) is 0.564. The number of esters is 1. The highest BCUT2D eigenvalue weighted by Gasteiger charge is 2.41. The van der Waals surface area contributed by atoms with Gasteiger partial charge in [-0.1, -0.05) is 68.4 Å². The molecule has 2 aromatic carbocycles. The molecule has 4 rings (SSSR count). The highest BCUT2D eigenvalue weighted by Crippen LogP contribution is 2.23. The number of amides is 4. The van der Waals surface area contributed by atoms with Crippen LogP contribution in [0, 0.1) is 5.92 Å². The molecule has 0 radical (unpaired) electrons. The zero-order valence-corrected chi connectivity index (χ0v) is 30.8. The molecule has 0 aromatic heterocycles. The Balaban J connectivity index is 1.49. The number of unbranched alkanes of at least 4 members (excludes halogenated alkanes) is 1. The Kier molecular flexibility index (Phi) is 15.2. The van der Waals surface area contributed by atoms with Gasteiger partial charge in [-0.05, 0) is 80.5 Å². The molecule has 0 aliphatic carbocycles. The predicted molar refractivity (Wildman–Crippen MR) is 198 cm³/mol. The van der Waals surface area contributed by atoms with E-state index in [0.29, 0.717) is 51.6 Å². The summed E-state index contributed by atoms with van der Waals surface area (Å²) in [5.41, 5.74) is 13.9. The van der Waals surface area contributed by atoms with Gasteiger partial charge in [0.2, 0.25) is 23.6 Å². The summed E-state index contributed by atoms with van der Waals surface area (Å²) in [5, 5.41) is 12.1. The monoisotopic (exact) mass is 719 g/mol. The molecule has 2 aliphatic heterocycles. The van der Waals surface area contributed by atoms with Crippen LogP contribution in [0.25, 0.3) is 0 Å². The molecule has 0 bridgehead atoms. The van der Waals surface area contributed by atoms with E-state index in [2.05, 4.69) is 21.3 Å². The van der Waals surface area contributed by atoms with Crippen molar-refractivity contribution in [1.29, 1.82) is 0 Å². The summed E-state index contributed by atoms with van der Waals surface area (Å²) >= 11 is 0. The molecule has 284 valence electrons. The van der Waals surface area contributed by atoms with Crippen LogP contribution < -0.4 is 32.7 Å². The molecule has 8 N–H and O–H groups in total. The lowest BCUT2D eigenvalue weighted by Gasteiger charge is -2.38. The van der Waals surface area contributed by atoms with Crippen LogP contribution >= 0.6 is 0 Å². The van der Waals surface area contributed by atoms with Crippen LogP contribution in [0.1, 0.15) is 75.5 Å². The van der Waals surface area contributed by atoms with E-state index in [-0.39, 0.29) is 50.1 Å². The highest BCUT2D eigenvalue weighted by molar-refractivity contribution is 5.95. The lowest BCUT2D eigenvalue weighted by Crippen LogP contribution is -2.61. The summed E-state index contributed by atoms with van der Waals surface area (Å²) in [4.78, 5) is 69.4. The van der Waals surface area contributed by atoms with Gasteiger partial charge >= 0.3 is 5.97 Å². The van der Waals surface area contributed by atoms with E-state index in [1.54, 1.807) is 4.90 Å². The molecule has 4 atom stereocenters. The molecular formula is C39H57N7O6. The maximum atomic E-state index is 14.1. The lowest BCUT2D eigenvalue weighted by atomic mass is 9.88. The van der Waals surface area contributed by atoms with Gasteiger partial charge in [-0.3, -0.25) is 24.0 Å². The van der Waals surface area contributed by atoms with Gasteiger partial charge in [-0.2, -0.15) is 0 Å². The molecule has 1 fully saturated rings. The average molecular weight is 720 g/mol. The second kappa shape index (κ2) is 19.5. The molecule has 2 aliphatic rings. The number of nitrogens with two attached hydrogens (primary N) is 2. The third kappa shape index (κ3) is 11.3. The quantitative estimate of drug-likeness (QED) is 0.104. The normalized spacial score (nSPS) is 18.3. The molecule has 0 unspecified atom stereocenters. The third-order valence-corrected chi connectivity index (χ3v) is 10.1. The molecule has 0 saturated carbocycles. The van der Waals surface area contributed by atoms with E-state index >= 15 is 0 Å². The minimum absolute atomic E-state index is 0.226. The second-order valence-corrected chi connectivity index (χ2v) is 14.5. The second-order valence-electron chi connectivity index (χ2n) is 14.5. The minimum atomic E-state index is -1.17. The van der Waals surface area contributed by atoms with Gasteiger partial charge in [0.25, 0.3) is 0 Å². The Morgan fingerprint density at radius 1 is 0.846 bits per heavy atom. The summed E-state index contributed by atoms with van der Waals surface area (Å²) < 4.78 is 4.87. The standard InChI is InChI=1S/C39H57N7O6/c1-26(2)16-17-30(34(47)44-31(15-9-10-20-40)37(50)46-21-18-39(41,19-22-46)38(51)52-3)43-36(49)33(23-27-11-5-4-6-12-27)45-35(48)32-24-28-13-7-8-14-29(28)25-42-32/h4-8,11-14,26,30-33,42H,9-10,15-25,40-41H2,1-3H3,(H,43,49)(H,44,47)(H,45,48)/t30-,31-,32-,33-/m1/s1. The fourth-order valence-corrected chi connectivity index (χ4v) is 6.79. The van der Waals surface area contributed by atoms with E-state index in [9.17, 15) is 24.0 Å². The van der Waals surface area contributed by atoms with Crippen LogP contribution in [0.5, 0.6) is 0 Å².